The summed E-state index contributed by atoms with van der Waals surface area (Å²) in [6.07, 6.45) is 10.2. The van der Waals surface area contributed by atoms with E-state index >= 15 is 0 Å². The molecule has 1 unspecified atom stereocenters. The lowest BCUT2D eigenvalue weighted by Crippen LogP contribution is -2.21. The summed E-state index contributed by atoms with van der Waals surface area (Å²) in [5.41, 5.74) is 0. The van der Waals surface area contributed by atoms with Crippen molar-refractivity contribution >= 4 is 5.95 Å². The van der Waals surface area contributed by atoms with Crippen molar-refractivity contribution < 1.29 is 0 Å². The quantitative estimate of drug-likeness (QED) is 0.728. The van der Waals surface area contributed by atoms with Crippen molar-refractivity contribution in [1.29, 1.82) is 0 Å². The van der Waals surface area contributed by atoms with E-state index in [1.165, 1.54) is 32.1 Å². The van der Waals surface area contributed by atoms with Crippen LogP contribution < -0.4 is 5.32 Å². The first-order valence-electron chi connectivity index (χ1n) is 6.59. The molecule has 0 aromatic carbocycles. The second-order valence-corrected chi connectivity index (χ2v) is 4.31. The largest absolute Gasteiger partial charge is 0.353 e. The average molecular weight is 223 g/mol. The molecule has 1 atom stereocenters. The molecule has 0 saturated heterocycles. The van der Waals surface area contributed by atoms with E-state index in [1.807, 2.05) is 12.4 Å². The Morgan fingerprint density at radius 1 is 1.25 bits per heavy atom. The van der Waals surface area contributed by atoms with Crippen LogP contribution in [-0.4, -0.2) is 15.6 Å². The monoisotopic (exact) mass is 223 g/mol. The fourth-order valence-electron chi connectivity index (χ4n) is 1.97. The SMILES string of the molecule is CCCCC(CCC)Nc1nccn1CC. The van der Waals surface area contributed by atoms with Crippen LogP contribution in [0.15, 0.2) is 12.4 Å². The average Bonchev–Trinajstić information content (AvgIpc) is 2.73. The maximum absolute atomic E-state index is 4.37. The molecule has 16 heavy (non-hydrogen) atoms. The van der Waals surface area contributed by atoms with Crippen molar-refractivity contribution in [1.82, 2.24) is 9.55 Å². The number of anilines is 1. The van der Waals surface area contributed by atoms with Crippen LogP contribution in [0.5, 0.6) is 0 Å². The molecule has 0 fully saturated rings. The molecule has 0 spiro atoms. The van der Waals surface area contributed by atoms with Crippen molar-refractivity contribution in [2.45, 2.75) is 65.5 Å². The van der Waals surface area contributed by atoms with Gasteiger partial charge in [-0.25, -0.2) is 4.98 Å². The first-order valence-corrected chi connectivity index (χ1v) is 6.59. The van der Waals surface area contributed by atoms with Gasteiger partial charge in [-0.15, -0.1) is 0 Å². The highest BCUT2D eigenvalue weighted by Crippen LogP contribution is 2.13. The zero-order valence-electron chi connectivity index (χ0n) is 10.9. The Balaban J connectivity index is 2.52. The van der Waals surface area contributed by atoms with Crippen LogP contribution in [0.2, 0.25) is 0 Å². The van der Waals surface area contributed by atoms with Crippen LogP contribution >= 0.6 is 0 Å². The maximum atomic E-state index is 4.37. The highest BCUT2D eigenvalue weighted by atomic mass is 15.2. The number of hydrogen-bond donors (Lipinski definition) is 1. The Morgan fingerprint density at radius 3 is 2.69 bits per heavy atom. The van der Waals surface area contributed by atoms with Gasteiger partial charge in [0.05, 0.1) is 0 Å². The third kappa shape index (κ3) is 3.87. The maximum Gasteiger partial charge on any atom is 0.202 e. The minimum atomic E-state index is 0.581. The number of rotatable bonds is 8. The van der Waals surface area contributed by atoms with E-state index in [9.17, 15) is 0 Å². The summed E-state index contributed by atoms with van der Waals surface area (Å²) in [5, 5.41) is 3.57. The molecule has 1 aromatic rings. The fraction of sp³-hybridized carbons (Fsp3) is 0.769. The smallest absolute Gasteiger partial charge is 0.202 e. The van der Waals surface area contributed by atoms with Crippen molar-refractivity contribution in [2.75, 3.05) is 5.32 Å². The number of imidazole rings is 1. The van der Waals surface area contributed by atoms with Gasteiger partial charge in [0.2, 0.25) is 5.95 Å². The minimum absolute atomic E-state index is 0.581. The van der Waals surface area contributed by atoms with Crippen molar-refractivity contribution in [2.24, 2.45) is 0 Å². The number of nitrogens with one attached hydrogen (secondary N) is 1. The molecule has 0 saturated carbocycles. The molecule has 0 aliphatic heterocycles. The van der Waals surface area contributed by atoms with Crippen LogP contribution in [0.25, 0.3) is 0 Å². The van der Waals surface area contributed by atoms with Crippen molar-refractivity contribution in [3.05, 3.63) is 12.4 Å². The van der Waals surface area contributed by atoms with Gasteiger partial charge in [0, 0.05) is 25.0 Å². The molecule has 0 aliphatic rings. The lowest BCUT2D eigenvalue weighted by atomic mass is 10.1. The van der Waals surface area contributed by atoms with Crippen LogP contribution in [0.4, 0.5) is 5.95 Å². The van der Waals surface area contributed by atoms with Gasteiger partial charge in [-0.1, -0.05) is 33.1 Å². The van der Waals surface area contributed by atoms with E-state index < -0.39 is 0 Å². The Kier molecular flexibility index (Phi) is 5.98. The second kappa shape index (κ2) is 7.31. The first-order chi connectivity index (χ1) is 7.81. The molecule has 1 rings (SSSR count). The van der Waals surface area contributed by atoms with Gasteiger partial charge in [-0.3, -0.25) is 0 Å². The zero-order chi connectivity index (χ0) is 11.8. The number of hydrogen-bond acceptors (Lipinski definition) is 2. The van der Waals surface area contributed by atoms with Gasteiger partial charge in [0.25, 0.3) is 0 Å². The van der Waals surface area contributed by atoms with Gasteiger partial charge in [-0.2, -0.15) is 0 Å². The summed E-state index contributed by atoms with van der Waals surface area (Å²) in [4.78, 5) is 4.37. The Labute approximate surface area is 99.3 Å². The number of aryl methyl sites for hydroxylation is 1. The molecule has 0 aliphatic carbocycles. The normalized spacial score (nSPS) is 12.7. The minimum Gasteiger partial charge on any atom is -0.353 e. The Hall–Kier alpha value is -0.990. The highest BCUT2D eigenvalue weighted by molar-refractivity contribution is 5.27. The predicted molar refractivity (Wildman–Crippen MR) is 69.7 cm³/mol. The molecule has 3 heteroatoms. The second-order valence-electron chi connectivity index (χ2n) is 4.31. The van der Waals surface area contributed by atoms with Gasteiger partial charge < -0.3 is 9.88 Å². The standard InChI is InChI=1S/C13H25N3/c1-4-7-9-12(8-5-2)15-13-14-10-11-16(13)6-3/h10-12H,4-9H2,1-3H3,(H,14,15). The summed E-state index contributed by atoms with van der Waals surface area (Å²) in [6, 6.07) is 0.581. The summed E-state index contributed by atoms with van der Waals surface area (Å²) in [5.74, 6) is 1.03. The Morgan fingerprint density at radius 2 is 2.06 bits per heavy atom. The van der Waals surface area contributed by atoms with E-state index in [0.717, 1.165) is 12.5 Å². The third-order valence-corrected chi connectivity index (χ3v) is 2.93. The number of nitrogens with zero attached hydrogens (tertiary/aromatic N) is 2. The van der Waals surface area contributed by atoms with E-state index in [4.69, 9.17) is 0 Å². The van der Waals surface area contributed by atoms with E-state index in [0.29, 0.717) is 6.04 Å². The molecule has 3 nitrogen and oxygen atoms in total. The number of aromatic nitrogens is 2. The Bertz CT molecular complexity index is 280. The summed E-state index contributed by atoms with van der Waals surface area (Å²) in [6.45, 7) is 7.62. The molecule has 1 N–H and O–H groups in total. The van der Waals surface area contributed by atoms with Gasteiger partial charge in [0.1, 0.15) is 0 Å². The molecule has 0 bridgehead atoms. The van der Waals surface area contributed by atoms with Gasteiger partial charge >= 0.3 is 0 Å². The first kappa shape index (κ1) is 13.1. The van der Waals surface area contributed by atoms with Gasteiger partial charge in [0.15, 0.2) is 0 Å². The van der Waals surface area contributed by atoms with Crippen LogP contribution in [0, 0.1) is 0 Å². The van der Waals surface area contributed by atoms with Crippen LogP contribution in [0.3, 0.4) is 0 Å². The molecule has 0 radical (unpaired) electrons. The molecule has 1 heterocycles. The summed E-state index contributed by atoms with van der Waals surface area (Å²) >= 11 is 0. The third-order valence-electron chi connectivity index (χ3n) is 2.93. The lowest BCUT2D eigenvalue weighted by Gasteiger charge is -2.19. The number of unbranched alkanes of at least 4 members (excludes halogenated alkanes) is 1. The summed E-state index contributed by atoms with van der Waals surface area (Å²) in [7, 11) is 0. The van der Waals surface area contributed by atoms with Crippen molar-refractivity contribution in [3.63, 3.8) is 0 Å². The topological polar surface area (TPSA) is 29.9 Å². The van der Waals surface area contributed by atoms with E-state index in [2.05, 4.69) is 35.6 Å². The van der Waals surface area contributed by atoms with Crippen molar-refractivity contribution in [3.8, 4) is 0 Å². The lowest BCUT2D eigenvalue weighted by molar-refractivity contribution is 0.556. The zero-order valence-corrected chi connectivity index (χ0v) is 10.9. The van der Waals surface area contributed by atoms with Gasteiger partial charge in [-0.05, 0) is 19.8 Å². The van der Waals surface area contributed by atoms with Crippen LogP contribution in [-0.2, 0) is 6.54 Å². The van der Waals surface area contributed by atoms with Crippen LogP contribution in [0.1, 0.15) is 52.9 Å². The van der Waals surface area contributed by atoms with E-state index in [1.54, 1.807) is 0 Å². The predicted octanol–water partition coefficient (Wildman–Crippen LogP) is 3.67. The fourth-order valence-corrected chi connectivity index (χ4v) is 1.97. The molecular formula is C13H25N3. The van der Waals surface area contributed by atoms with E-state index in [-0.39, 0.29) is 0 Å². The molecule has 92 valence electrons. The summed E-state index contributed by atoms with van der Waals surface area (Å²) < 4.78 is 2.16. The highest BCUT2D eigenvalue weighted by Gasteiger charge is 2.09. The molecular weight excluding hydrogens is 198 g/mol. The molecule has 0 amide bonds. The molecule has 1 aromatic heterocycles.